The second-order valence-corrected chi connectivity index (χ2v) is 26.4. The standard InChI is InChI=1S/C72H65BN4/c1-69(2,3)48-27-29-60-53(36-48)55-38-50(71(7,8)9)40-57-66(55)76(60)62-34-47(35-63-64(62)73(57)58-41-51(72(10,11)12)39-56-54-37-49(70(4,5)6)28-30-61(54)77(63)67(56)58)68-74-59-26-20-19-25-52(59)65(75-68)46-32-44(42-21-15-13-16-22-42)31-45(33-46)43-23-17-14-18-24-43/h13-41H,1-12H3. The van der Waals surface area contributed by atoms with Crippen LogP contribution in [-0.2, 0) is 21.7 Å². The molecule has 9 aromatic carbocycles. The zero-order valence-corrected chi connectivity index (χ0v) is 46.6. The fourth-order valence-electron chi connectivity index (χ4n) is 12.8. The van der Waals surface area contributed by atoms with Gasteiger partial charge in [-0.2, -0.15) is 0 Å². The van der Waals surface area contributed by atoms with E-state index in [2.05, 4.69) is 268 Å². The van der Waals surface area contributed by atoms with Gasteiger partial charge >= 0.3 is 0 Å². The normalized spacial score (nSPS) is 13.4. The van der Waals surface area contributed by atoms with Crippen LogP contribution in [0.15, 0.2) is 176 Å². The maximum absolute atomic E-state index is 5.78. The summed E-state index contributed by atoms with van der Waals surface area (Å²) in [5.41, 5.74) is 25.1. The Hall–Kier alpha value is -8.02. The Kier molecular flexibility index (Phi) is 10.0. The lowest BCUT2D eigenvalue weighted by Crippen LogP contribution is -2.59. The molecule has 77 heavy (non-hydrogen) atoms. The van der Waals surface area contributed by atoms with E-state index in [-0.39, 0.29) is 28.4 Å². The van der Waals surface area contributed by atoms with Gasteiger partial charge in [0.1, 0.15) is 0 Å². The van der Waals surface area contributed by atoms with Crippen LogP contribution in [0.25, 0.3) is 111 Å². The number of rotatable bonds is 4. The van der Waals surface area contributed by atoms with E-state index in [1.54, 1.807) is 0 Å². The molecule has 0 fully saturated rings. The Morgan fingerprint density at radius 3 is 1.23 bits per heavy atom. The maximum atomic E-state index is 5.78. The first-order valence-electron chi connectivity index (χ1n) is 27.7. The first kappa shape index (κ1) is 47.4. The summed E-state index contributed by atoms with van der Waals surface area (Å²) in [5, 5.41) is 6.23. The van der Waals surface area contributed by atoms with Gasteiger partial charge in [-0.05, 0) is 155 Å². The van der Waals surface area contributed by atoms with Crippen molar-refractivity contribution in [2.45, 2.75) is 105 Å². The molecule has 0 saturated heterocycles. The van der Waals surface area contributed by atoms with Crippen LogP contribution >= 0.6 is 0 Å². The molecule has 0 amide bonds. The molecular weight excluding hydrogens is 932 g/mol. The van der Waals surface area contributed by atoms with Gasteiger partial charge in [0.25, 0.3) is 6.71 Å². The van der Waals surface area contributed by atoms with E-state index in [1.165, 1.54) is 93.6 Å². The third-order valence-electron chi connectivity index (χ3n) is 17.1. The third kappa shape index (κ3) is 7.33. The number of fused-ring (bicyclic) bond motifs is 11. The zero-order chi connectivity index (χ0) is 53.2. The molecule has 5 heteroatoms. The number of benzene rings is 9. The topological polar surface area (TPSA) is 35.6 Å². The van der Waals surface area contributed by atoms with E-state index >= 15 is 0 Å². The fraction of sp³-hybridized carbons (Fsp3) is 0.222. The van der Waals surface area contributed by atoms with Crippen molar-refractivity contribution in [3.05, 3.63) is 198 Å². The lowest BCUT2D eigenvalue weighted by atomic mass is 9.34. The van der Waals surface area contributed by atoms with Crippen molar-refractivity contribution in [1.29, 1.82) is 0 Å². The summed E-state index contributed by atoms with van der Waals surface area (Å²) >= 11 is 0. The second kappa shape index (κ2) is 16.3. The van der Waals surface area contributed by atoms with Crippen molar-refractivity contribution >= 4 is 77.6 Å². The molecule has 2 aliphatic rings. The van der Waals surface area contributed by atoms with E-state index in [0.717, 1.165) is 50.0 Å². The Balaban J connectivity index is 1.13. The summed E-state index contributed by atoms with van der Waals surface area (Å²) in [6, 6.07) is 66.5. The van der Waals surface area contributed by atoms with Crippen LogP contribution in [0.1, 0.15) is 105 Å². The van der Waals surface area contributed by atoms with Gasteiger partial charge in [-0.15, -0.1) is 0 Å². The van der Waals surface area contributed by atoms with Gasteiger partial charge in [-0.25, -0.2) is 9.97 Å². The molecule has 0 N–H and O–H groups in total. The smallest absolute Gasteiger partial charge is 0.252 e. The lowest BCUT2D eigenvalue weighted by Gasteiger charge is -2.35. The molecular formula is C72H65BN4. The van der Waals surface area contributed by atoms with Gasteiger partial charge in [-0.3, -0.25) is 0 Å². The number of nitrogens with zero attached hydrogens (tertiary/aromatic N) is 4. The van der Waals surface area contributed by atoms with Crippen molar-refractivity contribution in [2.24, 2.45) is 0 Å². The van der Waals surface area contributed by atoms with Gasteiger partial charge in [0.15, 0.2) is 5.82 Å². The SMILES string of the molecule is CC(C)(C)c1ccc2c(c1)c1cc(C(C)(C)C)cc3c1n2-c1cc(-c2nc(-c4cc(-c5ccccc5)cc(-c5ccccc5)c4)c4ccccc4n2)cc2c1B3c1cc(C(C)(C)C)cc3c4cc(C(C)(C)C)ccc4n-2c13. The monoisotopic (exact) mass is 997 g/mol. The summed E-state index contributed by atoms with van der Waals surface area (Å²) in [7, 11) is 0. The molecule has 4 nitrogen and oxygen atoms in total. The summed E-state index contributed by atoms with van der Waals surface area (Å²) in [5.74, 6) is 0.703. The molecule has 14 rings (SSSR count). The molecule has 0 atom stereocenters. The van der Waals surface area contributed by atoms with Crippen LogP contribution in [0.5, 0.6) is 0 Å². The van der Waals surface area contributed by atoms with E-state index in [4.69, 9.17) is 9.97 Å². The van der Waals surface area contributed by atoms with Gasteiger partial charge < -0.3 is 9.13 Å². The molecule has 0 radical (unpaired) electrons. The Labute approximate surface area is 453 Å². The predicted octanol–water partition coefficient (Wildman–Crippen LogP) is 16.8. The molecule has 0 spiro atoms. The number of hydrogen-bond acceptors (Lipinski definition) is 2. The highest BCUT2D eigenvalue weighted by molar-refractivity contribution is 7.00. The molecule has 376 valence electrons. The quantitative estimate of drug-likeness (QED) is 0.165. The van der Waals surface area contributed by atoms with Crippen LogP contribution in [0.4, 0.5) is 0 Å². The summed E-state index contributed by atoms with van der Waals surface area (Å²) in [4.78, 5) is 11.3. The molecule has 0 aliphatic carbocycles. The largest absolute Gasteiger partial charge is 0.310 e. The minimum absolute atomic E-state index is 0.0268. The predicted molar refractivity (Wildman–Crippen MR) is 329 cm³/mol. The van der Waals surface area contributed by atoms with E-state index < -0.39 is 0 Å². The van der Waals surface area contributed by atoms with Gasteiger partial charge in [0, 0.05) is 60.5 Å². The summed E-state index contributed by atoms with van der Waals surface area (Å²) in [6.07, 6.45) is 0. The highest BCUT2D eigenvalue weighted by Crippen LogP contribution is 2.45. The van der Waals surface area contributed by atoms with E-state index in [0.29, 0.717) is 5.82 Å². The Bertz CT molecular complexity index is 4230. The van der Waals surface area contributed by atoms with Crippen molar-refractivity contribution in [1.82, 2.24) is 19.1 Å². The molecule has 0 saturated carbocycles. The zero-order valence-electron chi connectivity index (χ0n) is 46.6. The van der Waals surface area contributed by atoms with Crippen molar-refractivity contribution in [2.75, 3.05) is 0 Å². The van der Waals surface area contributed by atoms with Crippen LogP contribution < -0.4 is 16.4 Å². The third-order valence-corrected chi connectivity index (χ3v) is 17.1. The molecule has 0 bridgehead atoms. The number of aromatic nitrogens is 4. The lowest BCUT2D eigenvalue weighted by molar-refractivity contribution is 0.590. The minimum atomic E-state index is -0.0865. The average Bonchev–Trinajstić information content (AvgIpc) is 3.83. The van der Waals surface area contributed by atoms with Gasteiger partial charge in [0.2, 0.25) is 0 Å². The highest BCUT2D eigenvalue weighted by Gasteiger charge is 2.43. The second-order valence-electron chi connectivity index (χ2n) is 26.4. The summed E-state index contributed by atoms with van der Waals surface area (Å²) in [6.45, 7) is 28.2. The first-order valence-corrected chi connectivity index (χ1v) is 27.7. The van der Waals surface area contributed by atoms with Crippen LogP contribution in [0.2, 0.25) is 0 Å². The first-order chi connectivity index (χ1) is 36.7. The number of hydrogen-bond donors (Lipinski definition) is 0. The van der Waals surface area contributed by atoms with Gasteiger partial charge in [-0.1, -0.05) is 186 Å². The average molecular weight is 997 g/mol. The number of para-hydroxylation sites is 1. The molecule has 2 aliphatic heterocycles. The van der Waals surface area contributed by atoms with Crippen LogP contribution in [0.3, 0.4) is 0 Å². The Morgan fingerprint density at radius 2 is 0.766 bits per heavy atom. The summed E-state index contributed by atoms with van der Waals surface area (Å²) < 4.78 is 5.24. The molecule has 3 aromatic heterocycles. The fourth-order valence-corrected chi connectivity index (χ4v) is 12.8. The van der Waals surface area contributed by atoms with Crippen LogP contribution in [0, 0.1) is 0 Å². The minimum Gasteiger partial charge on any atom is -0.310 e. The van der Waals surface area contributed by atoms with Crippen LogP contribution in [-0.4, -0.2) is 25.8 Å². The van der Waals surface area contributed by atoms with Crippen molar-refractivity contribution in [3.8, 4) is 56.3 Å². The van der Waals surface area contributed by atoms with Crippen molar-refractivity contribution in [3.63, 3.8) is 0 Å². The Morgan fingerprint density at radius 1 is 0.338 bits per heavy atom. The van der Waals surface area contributed by atoms with Crippen molar-refractivity contribution < 1.29 is 0 Å². The van der Waals surface area contributed by atoms with E-state index in [1.807, 2.05) is 0 Å². The molecule has 12 aromatic rings. The molecule has 5 heterocycles. The molecule has 0 unspecified atom stereocenters. The van der Waals surface area contributed by atoms with Gasteiger partial charge in [0.05, 0.1) is 22.2 Å². The maximum Gasteiger partial charge on any atom is 0.252 e. The highest BCUT2D eigenvalue weighted by atomic mass is 15.0. The van der Waals surface area contributed by atoms with E-state index in [9.17, 15) is 0 Å².